The van der Waals surface area contributed by atoms with Crippen LogP contribution in [0.4, 0.5) is 11.4 Å². The molecule has 2 N–H and O–H groups in total. The molecule has 7 heteroatoms. The van der Waals surface area contributed by atoms with Crippen LogP contribution in [0.1, 0.15) is 20.7 Å². The minimum Gasteiger partial charge on any atom is -0.490 e. The number of carbonyl (C=O) groups excluding carboxylic acids is 2. The SMILES string of the molecule is O=C(Nc1ccncc1)c1cccc(NC(=O)c2ccccc2OCCOc2ccccc2)c1. The van der Waals surface area contributed by atoms with E-state index in [1.54, 1.807) is 73.1 Å². The third kappa shape index (κ3) is 6.20. The van der Waals surface area contributed by atoms with Crippen molar-refractivity contribution < 1.29 is 19.1 Å². The number of nitrogens with zero attached hydrogens (tertiary/aromatic N) is 1. The molecule has 0 bridgehead atoms. The second kappa shape index (κ2) is 11.3. The minimum absolute atomic E-state index is 0.282. The van der Waals surface area contributed by atoms with E-state index in [-0.39, 0.29) is 18.4 Å². The van der Waals surface area contributed by atoms with Gasteiger partial charge < -0.3 is 20.1 Å². The van der Waals surface area contributed by atoms with Crippen molar-refractivity contribution in [3.05, 3.63) is 115 Å². The second-order valence-corrected chi connectivity index (χ2v) is 7.23. The lowest BCUT2D eigenvalue weighted by Gasteiger charge is -2.13. The predicted octanol–water partition coefficient (Wildman–Crippen LogP) is 5.04. The zero-order valence-corrected chi connectivity index (χ0v) is 18.3. The summed E-state index contributed by atoms with van der Waals surface area (Å²) in [5, 5.41) is 5.63. The van der Waals surface area contributed by atoms with Gasteiger partial charge in [-0.3, -0.25) is 14.6 Å². The number of amides is 2. The molecule has 0 unspecified atom stereocenters. The summed E-state index contributed by atoms with van der Waals surface area (Å²) < 4.78 is 11.4. The van der Waals surface area contributed by atoms with Crippen molar-refractivity contribution in [3.63, 3.8) is 0 Å². The third-order valence-electron chi connectivity index (χ3n) is 4.81. The van der Waals surface area contributed by atoms with Gasteiger partial charge in [-0.15, -0.1) is 0 Å². The van der Waals surface area contributed by atoms with Crippen LogP contribution in [-0.4, -0.2) is 30.0 Å². The Labute approximate surface area is 197 Å². The summed E-state index contributed by atoms with van der Waals surface area (Å²) in [4.78, 5) is 29.4. The predicted molar refractivity (Wildman–Crippen MR) is 130 cm³/mol. The Kier molecular flexibility index (Phi) is 7.48. The molecule has 1 aromatic heterocycles. The lowest BCUT2D eigenvalue weighted by atomic mass is 10.1. The fraction of sp³-hybridized carbons (Fsp3) is 0.0741. The number of nitrogens with one attached hydrogen (secondary N) is 2. The zero-order chi connectivity index (χ0) is 23.6. The van der Waals surface area contributed by atoms with E-state index >= 15 is 0 Å². The molecular weight excluding hydrogens is 430 g/mol. The Balaban J connectivity index is 1.37. The number of para-hydroxylation sites is 2. The van der Waals surface area contributed by atoms with E-state index in [0.29, 0.717) is 34.9 Å². The highest BCUT2D eigenvalue weighted by atomic mass is 16.5. The molecule has 0 atom stereocenters. The Bertz CT molecular complexity index is 1250. The van der Waals surface area contributed by atoms with Gasteiger partial charge in [-0.2, -0.15) is 0 Å². The van der Waals surface area contributed by atoms with Gasteiger partial charge in [0, 0.05) is 29.3 Å². The molecule has 0 saturated carbocycles. The molecule has 0 radical (unpaired) electrons. The van der Waals surface area contributed by atoms with Crippen LogP contribution in [-0.2, 0) is 0 Å². The van der Waals surface area contributed by atoms with Gasteiger partial charge in [-0.1, -0.05) is 36.4 Å². The summed E-state index contributed by atoms with van der Waals surface area (Å²) in [6.45, 7) is 0.623. The van der Waals surface area contributed by atoms with Crippen LogP contribution in [0.15, 0.2) is 103 Å². The monoisotopic (exact) mass is 453 g/mol. The lowest BCUT2D eigenvalue weighted by molar-refractivity contribution is 0.101. The molecule has 4 aromatic rings. The number of hydrogen-bond donors (Lipinski definition) is 2. The van der Waals surface area contributed by atoms with Crippen molar-refractivity contribution in [1.29, 1.82) is 0 Å². The van der Waals surface area contributed by atoms with Gasteiger partial charge in [0.25, 0.3) is 11.8 Å². The first-order chi connectivity index (χ1) is 16.7. The van der Waals surface area contributed by atoms with Gasteiger partial charge >= 0.3 is 0 Å². The van der Waals surface area contributed by atoms with Gasteiger partial charge in [0.1, 0.15) is 24.7 Å². The van der Waals surface area contributed by atoms with Crippen LogP contribution >= 0.6 is 0 Å². The smallest absolute Gasteiger partial charge is 0.259 e. The molecule has 4 rings (SSSR count). The second-order valence-electron chi connectivity index (χ2n) is 7.23. The Morgan fingerprint density at radius 1 is 0.676 bits per heavy atom. The fourth-order valence-corrected chi connectivity index (χ4v) is 3.18. The quantitative estimate of drug-likeness (QED) is 0.347. The van der Waals surface area contributed by atoms with E-state index in [4.69, 9.17) is 9.47 Å². The van der Waals surface area contributed by atoms with Gasteiger partial charge in [0.05, 0.1) is 5.56 Å². The summed E-state index contributed by atoms with van der Waals surface area (Å²) in [5.74, 6) is 0.573. The van der Waals surface area contributed by atoms with Gasteiger partial charge in [0.2, 0.25) is 0 Å². The molecule has 170 valence electrons. The molecule has 3 aromatic carbocycles. The maximum absolute atomic E-state index is 12.9. The summed E-state index contributed by atoms with van der Waals surface area (Å²) >= 11 is 0. The molecule has 0 aliphatic heterocycles. The number of aromatic nitrogens is 1. The Morgan fingerprint density at radius 2 is 1.38 bits per heavy atom. The first-order valence-electron chi connectivity index (χ1n) is 10.7. The van der Waals surface area contributed by atoms with Crippen LogP contribution < -0.4 is 20.1 Å². The Morgan fingerprint density at radius 3 is 2.21 bits per heavy atom. The van der Waals surface area contributed by atoms with Crippen LogP contribution in [0, 0.1) is 0 Å². The number of ether oxygens (including phenoxy) is 2. The molecule has 34 heavy (non-hydrogen) atoms. The van der Waals surface area contributed by atoms with Crippen molar-refractivity contribution >= 4 is 23.2 Å². The molecule has 0 saturated heterocycles. The summed E-state index contributed by atoms with van der Waals surface area (Å²) in [7, 11) is 0. The van der Waals surface area contributed by atoms with E-state index in [1.807, 2.05) is 30.3 Å². The molecule has 7 nitrogen and oxygen atoms in total. The van der Waals surface area contributed by atoms with Gasteiger partial charge in [-0.25, -0.2) is 0 Å². The van der Waals surface area contributed by atoms with Crippen LogP contribution in [0.25, 0.3) is 0 Å². The Hall–Kier alpha value is -4.65. The number of pyridine rings is 1. The molecule has 0 aliphatic carbocycles. The van der Waals surface area contributed by atoms with Crippen molar-refractivity contribution in [2.45, 2.75) is 0 Å². The minimum atomic E-state index is -0.341. The number of carbonyl (C=O) groups is 2. The van der Waals surface area contributed by atoms with Crippen molar-refractivity contribution in [2.75, 3.05) is 23.8 Å². The summed E-state index contributed by atoms with van der Waals surface area (Å²) in [6, 6.07) is 26.5. The number of benzene rings is 3. The number of rotatable bonds is 9. The van der Waals surface area contributed by atoms with Crippen LogP contribution in [0.2, 0.25) is 0 Å². The highest BCUT2D eigenvalue weighted by Crippen LogP contribution is 2.21. The van der Waals surface area contributed by atoms with Gasteiger partial charge in [0.15, 0.2) is 0 Å². The van der Waals surface area contributed by atoms with E-state index in [9.17, 15) is 9.59 Å². The van der Waals surface area contributed by atoms with E-state index in [0.717, 1.165) is 5.75 Å². The van der Waals surface area contributed by atoms with Crippen LogP contribution in [0.5, 0.6) is 11.5 Å². The largest absolute Gasteiger partial charge is 0.490 e. The molecule has 2 amide bonds. The van der Waals surface area contributed by atoms with E-state index in [1.165, 1.54) is 0 Å². The standard InChI is InChI=1S/C27H23N3O4/c31-26(29-21-13-15-28-16-14-21)20-7-6-8-22(19-20)30-27(32)24-11-4-5-12-25(24)34-18-17-33-23-9-2-1-3-10-23/h1-16,19H,17-18H2,(H,30,32)(H,28,29,31). The van der Waals surface area contributed by atoms with Crippen LogP contribution in [0.3, 0.4) is 0 Å². The fourth-order valence-electron chi connectivity index (χ4n) is 3.18. The molecule has 0 spiro atoms. The lowest BCUT2D eigenvalue weighted by Crippen LogP contribution is -2.16. The summed E-state index contributed by atoms with van der Waals surface area (Å²) in [5.41, 5.74) is 1.93. The van der Waals surface area contributed by atoms with Crippen molar-refractivity contribution in [3.8, 4) is 11.5 Å². The number of anilines is 2. The highest BCUT2D eigenvalue weighted by molar-refractivity contribution is 6.08. The first kappa shape index (κ1) is 22.5. The molecule has 1 heterocycles. The zero-order valence-electron chi connectivity index (χ0n) is 18.3. The highest BCUT2D eigenvalue weighted by Gasteiger charge is 2.14. The average molecular weight is 453 g/mol. The van der Waals surface area contributed by atoms with E-state index in [2.05, 4.69) is 15.6 Å². The topological polar surface area (TPSA) is 89.6 Å². The third-order valence-corrected chi connectivity index (χ3v) is 4.81. The van der Waals surface area contributed by atoms with Gasteiger partial charge in [-0.05, 0) is 54.6 Å². The van der Waals surface area contributed by atoms with E-state index < -0.39 is 0 Å². The average Bonchev–Trinajstić information content (AvgIpc) is 2.88. The summed E-state index contributed by atoms with van der Waals surface area (Å²) in [6.07, 6.45) is 3.19. The maximum atomic E-state index is 12.9. The normalized spacial score (nSPS) is 10.2. The first-order valence-corrected chi connectivity index (χ1v) is 10.7. The molecule has 0 fully saturated rings. The molecule has 0 aliphatic rings. The number of hydrogen-bond acceptors (Lipinski definition) is 5. The van der Waals surface area contributed by atoms with Crippen molar-refractivity contribution in [2.24, 2.45) is 0 Å². The maximum Gasteiger partial charge on any atom is 0.259 e. The molecular formula is C27H23N3O4. The van der Waals surface area contributed by atoms with Crippen molar-refractivity contribution in [1.82, 2.24) is 4.98 Å².